The zero-order valence-corrected chi connectivity index (χ0v) is 17.9. The van der Waals surface area contributed by atoms with Crippen molar-refractivity contribution in [2.75, 3.05) is 5.32 Å². The molecule has 3 rings (SSSR count). The largest absolute Gasteiger partial charge is 0.456 e. The predicted octanol–water partition coefficient (Wildman–Crippen LogP) is 7.07. The number of nitrogens with one attached hydrogen (secondary N) is 2. The molecule has 2 N–H and O–H groups in total. The molecule has 0 aliphatic rings. The number of amides is 3. The lowest BCUT2D eigenvalue weighted by Gasteiger charge is -2.14. The molecule has 3 aromatic rings. The van der Waals surface area contributed by atoms with E-state index < -0.39 is 23.7 Å². The van der Waals surface area contributed by atoms with Crippen LogP contribution in [0.1, 0.15) is 21.5 Å². The third-order valence-corrected chi connectivity index (χ3v) is 4.88. The Hall–Kier alpha value is -3.23. The molecule has 0 aliphatic carbocycles. The summed E-state index contributed by atoms with van der Waals surface area (Å²) in [5.41, 5.74) is 0.190. The van der Waals surface area contributed by atoms with E-state index in [-0.39, 0.29) is 21.4 Å². The van der Waals surface area contributed by atoms with Gasteiger partial charge < -0.3 is 10.1 Å². The minimum absolute atomic E-state index is 0.0477. The maximum Gasteiger partial charge on any atom is 0.416 e. The molecule has 10 heteroatoms. The number of carbonyl (C=O) groups excluding carboxylic acids is 2. The van der Waals surface area contributed by atoms with Crippen molar-refractivity contribution >= 4 is 40.8 Å². The van der Waals surface area contributed by atoms with Crippen LogP contribution in [0, 0.1) is 6.92 Å². The van der Waals surface area contributed by atoms with Crippen LogP contribution in [0.15, 0.2) is 60.7 Å². The Morgan fingerprint density at radius 1 is 0.906 bits per heavy atom. The topological polar surface area (TPSA) is 67.4 Å². The molecule has 0 saturated heterocycles. The average molecular weight is 483 g/mol. The fourth-order valence-corrected chi connectivity index (χ4v) is 3.14. The van der Waals surface area contributed by atoms with Gasteiger partial charge in [0.25, 0.3) is 5.91 Å². The molecular weight excluding hydrogens is 468 g/mol. The Kier molecular flexibility index (Phi) is 6.96. The second-order valence-corrected chi connectivity index (χ2v) is 7.43. The van der Waals surface area contributed by atoms with E-state index in [2.05, 4.69) is 10.6 Å². The quantitative estimate of drug-likeness (QED) is 0.417. The molecule has 0 radical (unpaired) electrons. The van der Waals surface area contributed by atoms with E-state index in [1.54, 1.807) is 25.1 Å². The Labute approximate surface area is 191 Å². The Bertz CT molecular complexity index is 1180. The summed E-state index contributed by atoms with van der Waals surface area (Å²) in [6, 6.07) is 12.9. The van der Waals surface area contributed by atoms with E-state index in [0.29, 0.717) is 17.0 Å². The molecule has 0 bridgehead atoms. The molecule has 3 aromatic carbocycles. The van der Waals surface area contributed by atoms with Gasteiger partial charge in [-0.25, -0.2) is 4.79 Å². The Balaban J connectivity index is 1.67. The van der Waals surface area contributed by atoms with Crippen LogP contribution < -0.4 is 15.4 Å². The smallest absolute Gasteiger partial charge is 0.416 e. The number of hydrogen-bond acceptors (Lipinski definition) is 3. The summed E-state index contributed by atoms with van der Waals surface area (Å²) in [7, 11) is 0. The highest BCUT2D eigenvalue weighted by molar-refractivity contribution is 6.34. The number of anilines is 1. The molecule has 0 saturated carbocycles. The third kappa shape index (κ3) is 5.72. The minimum Gasteiger partial charge on any atom is -0.456 e. The molecule has 5 nitrogen and oxygen atoms in total. The van der Waals surface area contributed by atoms with Gasteiger partial charge in [0, 0.05) is 5.69 Å². The number of benzene rings is 3. The lowest BCUT2D eigenvalue weighted by Crippen LogP contribution is -2.34. The molecule has 166 valence electrons. The first kappa shape index (κ1) is 23.4. The first-order valence-corrected chi connectivity index (χ1v) is 9.82. The van der Waals surface area contributed by atoms with Gasteiger partial charge in [0.05, 0.1) is 21.2 Å². The number of alkyl halides is 3. The number of carbonyl (C=O) groups is 2. The number of ether oxygens (including phenoxy) is 1. The predicted molar refractivity (Wildman–Crippen MR) is 116 cm³/mol. The van der Waals surface area contributed by atoms with Crippen molar-refractivity contribution in [1.29, 1.82) is 0 Å². The SMILES string of the molecule is Cc1cc(NC(=O)NC(=O)c2ccccc2Cl)ccc1Oc1ccc(C(F)(F)F)cc1Cl. The fourth-order valence-electron chi connectivity index (χ4n) is 2.70. The van der Waals surface area contributed by atoms with E-state index in [4.69, 9.17) is 27.9 Å². The van der Waals surface area contributed by atoms with E-state index in [1.165, 1.54) is 24.3 Å². The summed E-state index contributed by atoms with van der Waals surface area (Å²) in [4.78, 5) is 24.3. The molecule has 32 heavy (non-hydrogen) atoms. The summed E-state index contributed by atoms with van der Waals surface area (Å²) in [5.74, 6) is -0.293. The molecule has 0 heterocycles. The zero-order chi connectivity index (χ0) is 23.5. The van der Waals surface area contributed by atoms with Crippen LogP contribution in [0.2, 0.25) is 10.0 Å². The van der Waals surface area contributed by atoms with Crippen molar-refractivity contribution in [2.45, 2.75) is 13.1 Å². The van der Waals surface area contributed by atoms with Crippen LogP contribution in [0.4, 0.5) is 23.7 Å². The van der Waals surface area contributed by atoms with Crippen LogP contribution >= 0.6 is 23.2 Å². The fraction of sp³-hybridized carbons (Fsp3) is 0.0909. The van der Waals surface area contributed by atoms with Crippen molar-refractivity contribution in [3.05, 3.63) is 87.4 Å². The van der Waals surface area contributed by atoms with Crippen molar-refractivity contribution in [3.63, 3.8) is 0 Å². The van der Waals surface area contributed by atoms with Crippen LogP contribution in [0.5, 0.6) is 11.5 Å². The van der Waals surface area contributed by atoms with Gasteiger partial charge >= 0.3 is 12.2 Å². The number of imide groups is 1. The van der Waals surface area contributed by atoms with Crippen molar-refractivity contribution < 1.29 is 27.5 Å². The lowest BCUT2D eigenvalue weighted by molar-refractivity contribution is -0.137. The Morgan fingerprint density at radius 2 is 1.59 bits per heavy atom. The van der Waals surface area contributed by atoms with Gasteiger partial charge in [0.2, 0.25) is 0 Å². The number of aryl methyl sites for hydroxylation is 1. The number of rotatable bonds is 4. The molecular formula is C22H15Cl2F3N2O3. The van der Waals surface area contributed by atoms with E-state index in [9.17, 15) is 22.8 Å². The highest BCUT2D eigenvalue weighted by Crippen LogP contribution is 2.37. The molecule has 0 aromatic heterocycles. The molecule has 0 unspecified atom stereocenters. The summed E-state index contributed by atoms with van der Waals surface area (Å²) < 4.78 is 43.9. The second-order valence-electron chi connectivity index (χ2n) is 6.61. The van der Waals surface area contributed by atoms with Gasteiger partial charge in [0.1, 0.15) is 11.5 Å². The van der Waals surface area contributed by atoms with E-state index in [1.807, 2.05) is 0 Å². The van der Waals surface area contributed by atoms with Crippen molar-refractivity contribution in [1.82, 2.24) is 5.32 Å². The molecule has 0 aliphatic heterocycles. The van der Waals surface area contributed by atoms with Gasteiger partial charge in [-0.1, -0.05) is 35.3 Å². The monoisotopic (exact) mass is 482 g/mol. The van der Waals surface area contributed by atoms with Gasteiger partial charge in [-0.15, -0.1) is 0 Å². The summed E-state index contributed by atoms with van der Waals surface area (Å²) >= 11 is 11.9. The average Bonchev–Trinajstić information content (AvgIpc) is 2.70. The maximum atomic E-state index is 12.8. The molecule has 3 amide bonds. The van der Waals surface area contributed by atoms with Crippen molar-refractivity contribution in [3.8, 4) is 11.5 Å². The molecule has 0 spiro atoms. The van der Waals surface area contributed by atoms with E-state index in [0.717, 1.165) is 18.2 Å². The van der Waals surface area contributed by atoms with Crippen LogP contribution in [0.3, 0.4) is 0 Å². The van der Waals surface area contributed by atoms with Crippen molar-refractivity contribution in [2.24, 2.45) is 0 Å². The van der Waals surface area contributed by atoms with Crippen LogP contribution in [-0.2, 0) is 6.18 Å². The number of urea groups is 1. The van der Waals surface area contributed by atoms with Gasteiger partial charge in [-0.05, 0) is 61.0 Å². The third-order valence-electron chi connectivity index (χ3n) is 4.26. The van der Waals surface area contributed by atoms with Crippen LogP contribution in [0.25, 0.3) is 0 Å². The van der Waals surface area contributed by atoms with Gasteiger partial charge in [-0.3, -0.25) is 10.1 Å². The number of halogens is 5. The first-order chi connectivity index (χ1) is 15.0. The molecule has 0 fully saturated rings. The first-order valence-electron chi connectivity index (χ1n) is 9.06. The Morgan fingerprint density at radius 3 is 2.22 bits per heavy atom. The standard InChI is InChI=1S/C22H15Cl2F3N2O3/c1-12-10-14(28-21(31)29-20(30)15-4-2-3-5-16(15)23)7-9-18(12)32-19-8-6-13(11-17(19)24)22(25,26)27/h2-11H,1H3,(H2,28,29,30,31). The highest BCUT2D eigenvalue weighted by atomic mass is 35.5. The highest BCUT2D eigenvalue weighted by Gasteiger charge is 2.31. The number of hydrogen-bond donors (Lipinski definition) is 2. The summed E-state index contributed by atoms with van der Waals surface area (Å²) in [6.07, 6.45) is -4.51. The van der Waals surface area contributed by atoms with Crippen LogP contribution in [-0.4, -0.2) is 11.9 Å². The summed E-state index contributed by atoms with van der Waals surface area (Å²) in [6.45, 7) is 1.67. The lowest BCUT2D eigenvalue weighted by atomic mass is 10.2. The second kappa shape index (κ2) is 9.50. The summed E-state index contributed by atoms with van der Waals surface area (Å²) in [5, 5.41) is 4.69. The normalized spacial score (nSPS) is 11.1. The van der Waals surface area contributed by atoms with Gasteiger partial charge in [-0.2, -0.15) is 13.2 Å². The maximum absolute atomic E-state index is 12.8. The zero-order valence-electron chi connectivity index (χ0n) is 16.4. The molecule has 0 atom stereocenters. The van der Waals surface area contributed by atoms with E-state index >= 15 is 0 Å². The minimum atomic E-state index is -4.51. The van der Waals surface area contributed by atoms with Gasteiger partial charge in [0.15, 0.2) is 0 Å².